The van der Waals surface area contributed by atoms with Crippen LogP contribution in [0.15, 0.2) is 24.3 Å². The summed E-state index contributed by atoms with van der Waals surface area (Å²) in [5.74, 6) is -0.444. The Kier molecular flexibility index (Phi) is 3.39. The molecule has 2 aromatic rings. The number of methoxy groups -OCH3 is 1. The van der Waals surface area contributed by atoms with Crippen LogP contribution in [0.4, 0.5) is 0 Å². The lowest BCUT2D eigenvalue weighted by molar-refractivity contribution is 0.0601. The van der Waals surface area contributed by atoms with E-state index in [1.807, 2.05) is 26.1 Å². The van der Waals surface area contributed by atoms with Crippen molar-refractivity contribution in [3.63, 3.8) is 0 Å². The minimum Gasteiger partial charge on any atom is -0.465 e. The molecule has 1 heterocycles. The molecule has 0 aliphatic rings. The number of ether oxygens (including phenoxy) is 1. The number of benzene rings is 1. The van der Waals surface area contributed by atoms with Crippen molar-refractivity contribution in [1.82, 2.24) is 9.78 Å². The Bertz CT molecular complexity index is 605. The summed E-state index contributed by atoms with van der Waals surface area (Å²) in [6.45, 7) is 1.90. The first-order valence-electron chi connectivity index (χ1n) is 5.42. The molecular formula is C13H13ClN2O2. The summed E-state index contributed by atoms with van der Waals surface area (Å²) in [4.78, 5) is 11.6. The fourth-order valence-corrected chi connectivity index (χ4v) is 2.16. The predicted molar refractivity (Wildman–Crippen MR) is 69.7 cm³/mol. The van der Waals surface area contributed by atoms with Crippen molar-refractivity contribution in [2.45, 2.75) is 6.92 Å². The molecule has 0 spiro atoms. The zero-order valence-electron chi connectivity index (χ0n) is 10.4. The molecule has 0 atom stereocenters. The summed E-state index contributed by atoms with van der Waals surface area (Å²) in [7, 11) is 3.17. The number of carbonyl (C=O) groups is 1. The molecule has 2 rings (SSSR count). The van der Waals surface area contributed by atoms with Crippen LogP contribution in [0.1, 0.15) is 16.1 Å². The van der Waals surface area contributed by atoms with E-state index in [1.54, 1.807) is 16.8 Å². The fourth-order valence-electron chi connectivity index (χ4n) is 1.86. The molecule has 0 aliphatic carbocycles. The van der Waals surface area contributed by atoms with E-state index in [9.17, 15) is 4.79 Å². The Balaban J connectivity index is 2.59. The molecule has 0 radical (unpaired) electrons. The van der Waals surface area contributed by atoms with Crippen LogP contribution in [0.3, 0.4) is 0 Å². The number of hydrogen-bond acceptors (Lipinski definition) is 3. The zero-order valence-corrected chi connectivity index (χ0v) is 11.2. The fraction of sp³-hybridized carbons (Fsp3) is 0.231. The molecule has 5 heteroatoms. The average molecular weight is 265 g/mol. The lowest BCUT2D eigenvalue weighted by atomic mass is 10.1. The van der Waals surface area contributed by atoms with Gasteiger partial charge in [-0.25, -0.2) is 4.79 Å². The van der Waals surface area contributed by atoms with Crippen molar-refractivity contribution in [1.29, 1.82) is 0 Å². The van der Waals surface area contributed by atoms with Gasteiger partial charge in [-0.05, 0) is 19.1 Å². The van der Waals surface area contributed by atoms with Crippen LogP contribution >= 0.6 is 11.6 Å². The molecule has 4 nitrogen and oxygen atoms in total. The van der Waals surface area contributed by atoms with Crippen LogP contribution in [-0.4, -0.2) is 22.9 Å². The normalized spacial score (nSPS) is 10.4. The second kappa shape index (κ2) is 4.82. The van der Waals surface area contributed by atoms with Gasteiger partial charge in [0.15, 0.2) is 0 Å². The molecule has 1 aromatic heterocycles. The van der Waals surface area contributed by atoms with Gasteiger partial charge in [0.05, 0.1) is 29.1 Å². The lowest BCUT2D eigenvalue weighted by Crippen LogP contribution is -2.03. The smallest absolute Gasteiger partial charge is 0.339 e. The number of halogens is 1. The van der Waals surface area contributed by atoms with E-state index in [4.69, 9.17) is 16.3 Å². The molecule has 0 unspecified atom stereocenters. The van der Waals surface area contributed by atoms with Gasteiger partial charge in [0.2, 0.25) is 0 Å². The number of hydrogen-bond donors (Lipinski definition) is 0. The quantitative estimate of drug-likeness (QED) is 0.784. The first-order valence-corrected chi connectivity index (χ1v) is 5.80. The summed E-state index contributed by atoms with van der Waals surface area (Å²) < 4.78 is 6.43. The summed E-state index contributed by atoms with van der Waals surface area (Å²) in [6, 6.07) is 7.18. The highest BCUT2D eigenvalue weighted by molar-refractivity contribution is 6.36. The van der Waals surface area contributed by atoms with Gasteiger partial charge in [0, 0.05) is 12.6 Å². The molecular weight excluding hydrogens is 252 g/mol. The topological polar surface area (TPSA) is 44.1 Å². The van der Waals surface area contributed by atoms with Crippen LogP contribution in [0, 0.1) is 6.92 Å². The predicted octanol–water partition coefficient (Wildman–Crippen LogP) is 2.84. The van der Waals surface area contributed by atoms with E-state index in [0.29, 0.717) is 10.6 Å². The van der Waals surface area contributed by atoms with Crippen molar-refractivity contribution >= 4 is 17.6 Å². The van der Waals surface area contributed by atoms with E-state index in [2.05, 4.69) is 5.10 Å². The maximum absolute atomic E-state index is 11.6. The van der Waals surface area contributed by atoms with Crippen LogP contribution < -0.4 is 0 Å². The van der Waals surface area contributed by atoms with Crippen molar-refractivity contribution in [3.8, 4) is 11.3 Å². The highest BCUT2D eigenvalue weighted by atomic mass is 35.5. The standard InChI is InChI=1S/C13H13ClN2O2/c1-8-7-11(16(2)15-8)9-5-4-6-10(12(9)14)13(17)18-3/h4-7H,1-3H3. The van der Waals surface area contributed by atoms with E-state index in [0.717, 1.165) is 17.0 Å². The largest absolute Gasteiger partial charge is 0.465 e. The van der Waals surface area contributed by atoms with Crippen LogP contribution in [0.5, 0.6) is 0 Å². The Hall–Kier alpha value is -1.81. The molecule has 0 aliphatic heterocycles. The van der Waals surface area contributed by atoms with Gasteiger partial charge in [0.25, 0.3) is 0 Å². The van der Waals surface area contributed by atoms with Gasteiger partial charge in [-0.15, -0.1) is 0 Å². The lowest BCUT2D eigenvalue weighted by Gasteiger charge is -2.08. The SMILES string of the molecule is COC(=O)c1cccc(-c2cc(C)nn2C)c1Cl. The Morgan fingerprint density at radius 3 is 2.72 bits per heavy atom. The first-order chi connectivity index (χ1) is 8.54. The van der Waals surface area contributed by atoms with Crippen molar-refractivity contribution in [3.05, 3.63) is 40.5 Å². The summed E-state index contributed by atoms with van der Waals surface area (Å²) in [6.07, 6.45) is 0. The molecule has 18 heavy (non-hydrogen) atoms. The van der Waals surface area contributed by atoms with Crippen molar-refractivity contribution in [2.24, 2.45) is 7.05 Å². The summed E-state index contributed by atoms with van der Waals surface area (Å²) in [5.41, 5.74) is 2.88. The Labute approximate surface area is 110 Å². The molecule has 0 amide bonds. The third-order valence-electron chi connectivity index (χ3n) is 2.68. The first kappa shape index (κ1) is 12.6. The second-order valence-electron chi connectivity index (χ2n) is 3.95. The van der Waals surface area contributed by atoms with Gasteiger partial charge < -0.3 is 4.74 Å². The van der Waals surface area contributed by atoms with E-state index >= 15 is 0 Å². The minimum atomic E-state index is -0.444. The van der Waals surface area contributed by atoms with Crippen molar-refractivity contribution < 1.29 is 9.53 Å². The van der Waals surface area contributed by atoms with Gasteiger partial charge >= 0.3 is 5.97 Å². The number of nitrogens with zero attached hydrogens (tertiary/aromatic N) is 2. The Morgan fingerprint density at radius 1 is 1.44 bits per heavy atom. The average Bonchev–Trinajstić information content (AvgIpc) is 2.68. The third-order valence-corrected chi connectivity index (χ3v) is 3.09. The number of esters is 1. The Morgan fingerprint density at radius 2 is 2.17 bits per heavy atom. The molecule has 1 aromatic carbocycles. The second-order valence-corrected chi connectivity index (χ2v) is 4.33. The summed E-state index contributed by atoms with van der Waals surface area (Å²) >= 11 is 6.26. The van der Waals surface area contributed by atoms with Crippen LogP contribution in [0.25, 0.3) is 11.3 Å². The van der Waals surface area contributed by atoms with E-state index < -0.39 is 5.97 Å². The molecule has 94 valence electrons. The maximum atomic E-state index is 11.6. The molecule has 0 fully saturated rings. The molecule has 0 saturated heterocycles. The minimum absolute atomic E-state index is 0.357. The van der Waals surface area contributed by atoms with Gasteiger partial charge in [0.1, 0.15) is 0 Å². The van der Waals surface area contributed by atoms with Gasteiger partial charge in [-0.2, -0.15) is 5.10 Å². The maximum Gasteiger partial charge on any atom is 0.339 e. The van der Waals surface area contributed by atoms with Gasteiger partial charge in [-0.1, -0.05) is 23.7 Å². The van der Waals surface area contributed by atoms with Gasteiger partial charge in [-0.3, -0.25) is 4.68 Å². The molecule has 0 N–H and O–H groups in total. The third kappa shape index (κ3) is 2.11. The highest BCUT2D eigenvalue weighted by Gasteiger charge is 2.16. The number of rotatable bonds is 2. The number of carbonyl (C=O) groups excluding carboxylic acids is 1. The number of aryl methyl sites for hydroxylation is 2. The monoisotopic (exact) mass is 264 g/mol. The van der Waals surface area contributed by atoms with E-state index in [-0.39, 0.29) is 0 Å². The summed E-state index contributed by atoms with van der Waals surface area (Å²) in [5, 5.41) is 4.65. The van der Waals surface area contributed by atoms with Crippen LogP contribution in [0.2, 0.25) is 5.02 Å². The highest BCUT2D eigenvalue weighted by Crippen LogP contribution is 2.31. The number of aromatic nitrogens is 2. The zero-order chi connectivity index (χ0) is 13.3. The van der Waals surface area contributed by atoms with E-state index in [1.165, 1.54) is 7.11 Å². The molecule has 0 saturated carbocycles. The van der Waals surface area contributed by atoms with Crippen LogP contribution in [-0.2, 0) is 11.8 Å². The molecule has 0 bridgehead atoms. The van der Waals surface area contributed by atoms with Crippen molar-refractivity contribution in [2.75, 3.05) is 7.11 Å².